The first-order valence-electron chi connectivity index (χ1n) is 5.86. The van der Waals surface area contributed by atoms with Crippen LogP contribution in [0.2, 0.25) is 0 Å². The van der Waals surface area contributed by atoms with Crippen LogP contribution in [-0.4, -0.2) is 30.0 Å². The Morgan fingerprint density at radius 1 is 1.65 bits per heavy atom. The molecule has 1 fully saturated rings. The van der Waals surface area contributed by atoms with E-state index in [2.05, 4.69) is 10.3 Å². The Labute approximate surface area is 101 Å². The van der Waals surface area contributed by atoms with E-state index >= 15 is 0 Å². The van der Waals surface area contributed by atoms with Crippen molar-refractivity contribution in [1.82, 2.24) is 10.3 Å². The third-order valence-corrected chi connectivity index (χ3v) is 3.08. The Morgan fingerprint density at radius 2 is 2.41 bits per heavy atom. The lowest BCUT2D eigenvalue weighted by Gasteiger charge is -2.35. The topological polar surface area (TPSA) is 71.2 Å². The van der Waals surface area contributed by atoms with Gasteiger partial charge in [0.05, 0.1) is 0 Å². The summed E-state index contributed by atoms with van der Waals surface area (Å²) in [5.74, 6) is 0.863. The van der Waals surface area contributed by atoms with E-state index in [1.165, 1.54) is 0 Å². The monoisotopic (exact) mass is 234 g/mol. The Balaban J connectivity index is 2.36. The number of hydrogen-bond donors (Lipinski definition) is 2. The molecule has 92 valence electrons. The average Bonchev–Trinajstić information content (AvgIpc) is 2.33. The number of anilines is 1. The van der Waals surface area contributed by atoms with E-state index in [0.29, 0.717) is 6.54 Å². The highest BCUT2D eigenvalue weighted by Crippen LogP contribution is 2.24. The zero-order valence-electron chi connectivity index (χ0n) is 10.2. The SMILES string of the molecule is CC1C(=O)NCCN1c1ncccc1[C@@H](C)N. The molecule has 0 saturated carbocycles. The molecule has 0 radical (unpaired) electrons. The van der Waals surface area contributed by atoms with Gasteiger partial charge in [-0.2, -0.15) is 0 Å². The van der Waals surface area contributed by atoms with Crippen molar-refractivity contribution in [3.05, 3.63) is 23.9 Å². The molecule has 1 unspecified atom stereocenters. The molecular weight excluding hydrogens is 216 g/mol. The van der Waals surface area contributed by atoms with Crippen molar-refractivity contribution in [2.24, 2.45) is 5.73 Å². The van der Waals surface area contributed by atoms with Crippen LogP contribution in [0.15, 0.2) is 18.3 Å². The van der Waals surface area contributed by atoms with Crippen LogP contribution in [0.4, 0.5) is 5.82 Å². The van der Waals surface area contributed by atoms with Gasteiger partial charge in [-0.05, 0) is 19.9 Å². The second-order valence-corrected chi connectivity index (χ2v) is 4.37. The van der Waals surface area contributed by atoms with Gasteiger partial charge in [-0.15, -0.1) is 0 Å². The molecule has 0 spiro atoms. The first kappa shape index (κ1) is 11.9. The largest absolute Gasteiger partial charge is 0.353 e. The maximum atomic E-state index is 11.6. The van der Waals surface area contributed by atoms with E-state index in [1.807, 2.05) is 30.9 Å². The van der Waals surface area contributed by atoms with Crippen LogP contribution in [0.25, 0.3) is 0 Å². The highest BCUT2D eigenvalue weighted by atomic mass is 16.2. The number of rotatable bonds is 2. The maximum absolute atomic E-state index is 11.6. The van der Waals surface area contributed by atoms with Crippen molar-refractivity contribution in [3.63, 3.8) is 0 Å². The molecule has 2 atom stereocenters. The number of nitrogens with zero attached hydrogens (tertiary/aromatic N) is 2. The molecule has 0 bridgehead atoms. The standard InChI is InChI=1S/C12H18N4O/c1-8(13)10-4-3-5-14-11(10)16-7-6-15-12(17)9(16)2/h3-5,8-9H,6-7,13H2,1-2H3,(H,15,17)/t8-,9?/m1/s1. The van der Waals surface area contributed by atoms with Crippen LogP contribution in [0, 0.1) is 0 Å². The fourth-order valence-electron chi connectivity index (χ4n) is 2.08. The normalized spacial score (nSPS) is 22.2. The van der Waals surface area contributed by atoms with Gasteiger partial charge in [0.2, 0.25) is 5.91 Å². The smallest absolute Gasteiger partial charge is 0.242 e. The molecule has 5 heteroatoms. The van der Waals surface area contributed by atoms with Gasteiger partial charge < -0.3 is 16.0 Å². The van der Waals surface area contributed by atoms with Crippen molar-refractivity contribution in [1.29, 1.82) is 0 Å². The number of amides is 1. The molecule has 1 aromatic heterocycles. The lowest BCUT2D eigenvalue weighted by molar-refractivity contribution is -0.122. The molecule has 1 saturated heterocycles. The van der Waals surface area contributed by atoms with Crippen LogP contribution in [0.5, 0.6) is 0 Å². The lowest BCUT2D eigenvalue weighted by atomic mass is 10.1. The summed E-state index contributed by atoms with van der Waals surface area (Å²) in [5.41, 5.74) is 6.91. The quantitative estimate of drug-likeness (QED) is 0.778. The summed E-state index contributed by atoms with van der Waals surface area (Å²) >= 11 is 0. The third kappa shape index (κ3) is 2.24. The third-order valence-electron chi connectivity index (χ3n) is 3.08. The van der Waals surface area contributed by atoms with E-state index in [0.717, 1.165) is 17.9 Å². The van der Waals surface area contributed by atoms with Crippen molar-refractivity contribution < 1.29 is 4.79 Å². The van der Waals surface area contributed by atoms with Crippen LogP contribution in [0.1, 0.15) is 25.5 Å². The van der Waals surface area contributed by atoms with Gasteiger partial charge in [0.1, 0.15) is 11.9 Å². The minimum atomic E-state index is -0.198. The first-order chi connectivity index (χ1) is 8.11. The van der Waals surface area contributed by atoms with Gasteiger partial charge in [0.25, 0.3) is 0 Å². The van der Waals surface area contributed by atoms with Crippen LogP contribution in [-0.2, 0) is 4.79 Å². The minimum Gasteiger partial charge on any atom is -0.353 e. The van der Waals surface area contributed by atoms with Crippen molar-refractivity contribution >= 4 is 11.7 Å². The fourth-order valence-corrected chi connectivity index (χ4v) is 2.08. The summed E-state index contributed by atoms with van der Waals surface area (Å²) in [5, 5.41) is 2.84. The molecule has 0 aliphatic carbocycles. The van der Waals surface area contributed by atoms with E-state index < -0.39 is 0 Å². The summed E-state index contributed by atoms with van der Waals surface area (Å²) in [6, 6.07) is 3.55. The maximum Gasteiger partial charge on any atom is 0.242 e. The van der Waals surface area contributed by atoms with Crippen molar-refractivity contribution in [2.75, 3.05) is 18.0 Å². The molecule has 0 aromatic carbocycles. The number of nitrogens with two attached hydrogens (primary N) is 1. The molecule has 2 heterocycles. The fraction of sp³-hybridized carbons (Fsp3) is 0.500. The number of piperazine rings is 1. The molecule has 5 nitrogen and oxygen atoms in total. The molecule has 1 aliphatic heterocycles. The predicted molar refractivity (Wildman–Crippen MR) is 66.7 cm³/mol. The Kier molecular flexibility index (Phi) is 3.28. The summed E-state index contributed by atoms with van der Waals surface area (Å²) < 4.78 is 0. The zero-order valence-corrected chi connectivity index (χ0v) is 10.2. The van der Waals surface area contributed by atoms with Crippen LogP contribution in [0.3, 0.4) is 0 Å². The lowest BCUT2D eigenvalue weighted by Crippen LogP contribution is -2.54. The van der Waals surface area contributed by atoms with E-state index in [4.69, 9.17) is 5.73 Å². The minimum absolute atomic E-state index is 0.0394. The van der Waals surface area contributed by atoms with E-state index in [9.17, 15) is 4.79 Å². The number of carbonyl (C=O) groups excluding carboxylic acids is 1. The Hall–Kier alpha value is -1.62. The van der Waals surface area contributed by atoms with E-state index in [-0.39, 0.29) is 18.0 Å². The predicted octanol–water partition coefficient (Wildman–Crippen LogP) is 0.426. The summed E-state index contributed by atoms with van der Waals surface area (Å²) in [7, 11) is 0. The van der Waals surface area contributed by atoms with E-state index in [1.54, 1.807) is 6.20 Å². The van der Waals surface area contributed by atoms with Gasteiger partial charge in [-0.25, -0.2) is 4.98 Å². The molecular formula is C12H18N4O. The Bertz CT molecular complexity index is 419. The van der Waals surface area contributed by atoms with Crippen molar-refractivity contribution in [3.8, 4) is 0 Å². The van der Waals surface area contributed by atoms with Gasteiger partial charge >= 0.3 is 0 Å². The molecule has 3 N–H and O–H groups in total. The number of pyridine rings is 1. The molecule has 2 rings (SSSR count). The van der Waals surface area contributed by atoms with Gasteiger partial charge in [-0.1, -0.05) is 6.07 Å². The molecule has 1 amide bonds. The van der Waals surface area contributed by atoms with Crippen LogP contribution < -0.4 is 16.0 Å². The number of aromatic nitrogens is 1. The molecule has 1 aromatic rings. The molecule has 1 aliphatic rings. The highest BCUT2D eigenvalue weighted by Gasteiger charge is 2.28. The Morgan fingerprint density at radius 3 is 3.12 bits per heavy atom. The first-order valence-corrected chi connectivity index (χ1v) is 5.86. The second-order valence-electron chi connectivity index (χ2n) is 4.37. The number of nitrogens with one attached hydrogen (secondary N) is 1. The zero-order chi connectivity index (χ0) is 12.4. The average molecular weight is 234 g/mol. The number of hydrogen-bond acceptors (Lipinski definition) is 4. The summed E-state index contributed by atoms with van der Waals surface area (Å²) in [4.78, 5) is 18.0. The number of carbonyl (C=O) groups is 1. The summed E-state index contributed by atoms with van der Waals surface area (Å²) in [6.45, 7) is 5.23. The van der Waals surface area contributed by atoms with Gasteiger partial charge in [0, 0.05) is 30.9 Å². The van der Waals surface area contributed by atoms with Gasteiger partial charge in [-0.3, -0.25) is 4.79 Å². The van der Waals surface area contributed by atoms with Crippen LogP contribution >= 0.6 is 0 Å². The highest BCUT2D eigenvalue weighted by molar-refractivity contribution is 5.86. The van der Waals surface area contributed by atoms with Gasteiger partial charge in [0.15, 0.2) is 0 Å². The summed E-state index contributed by atoms with van der Waals surface area (Å²) in [6.07, 6.45) is 1.74. The second kappa shape index (κ2) is 4.71. The molecule has 17 heavy (non-hydrogen) atoms. The van der Waals surface area contributed by atoms with Crippen molar-refractivity contribution in [2.45, 2.75) is 25.9 Å².